The number of carbonyl (C=O) groups is 1. The Morgan fingerprint density at radius 1 is 1.29 bits per heavy atom. The summed E-state index contributed by atoms with van der Waals surface area (Å²) in [4.78, 5) is 23.8. The molecule has 0 atom stereocenters. The van der Waals surface area contributed by atoms with Gasteiger partial charge in [-0.25, -0.2) is 19.0 Å². The van der Waals surface area contributed by atoms with Crippen LogP contribution in [0.1, 0.15) is 23.2 Å². The summed E-state index contributed by atoms with van der Waals surface area (Å²) in [7, 11) is 0. The van der Waals surface area contributed by atoms with E-state index in [1.54, 1.807) is 16.9 Å². The molecule has 0 radical (unpaired) electrons. The van der Waals surface area contributed by atoms with E-state index in [1.807, 2.05) is 6.26 Å². The van der Waals surface area contributed by atoms with Gasteiger partial charge in [-0.05, 0) is 37.3 Å². The number of hydrogen-bond acceptors (Lipinski definition) is 6. The largest absolute Gasteiger partial charge is 0.356 e. The zero-order chi connectivity index (χ0) is 19.5. The molecule has 3 aromatic rings. The van der Waals surface area contributed by atoms with E-state index in [4.69, 9.17) is 4.98 Å². The Morgan fingerprint density at radius 3 is 2.86 bits per heavy atom. The first kappa shape index (κ1) is 18.7. The second-order valence-corrected chi connectivity index (χ2v) is 7.37. The molecule has 0 spiro atoms. The number of rotatable bonds is 6. The van der Waals surface area contributed by atoms with Gasteiger partial charge in [0.25, 0.3) is 5.91 Å². The Bertz CT molecular complexity index is 1000. The molecule has 1 aliphatic heterocycles. The second kappa shape index (κ2) is 8.14. The van der Waals surface area contributed by atoms with Crippen molar-refractivity contribution in [1.29, 1.82) is 0 Å². The van der Waals surface area contributed by atoms with Gasteiger partial charge in [-0.3, -0.25) is 4.79 Å². The minimum Gasteiger partial charge on any atom is -0.356 e. The molecule has 0 aliphatic carbocycles. The molecule has 0 bridgehead atoms. The summed E-state index contributed by atoms with van der Waals surface area (Å²) in [6.07, 6.45) is 6.08. The number of thioether (sulfide) groups is 1. The summed E-state index contributed by atoms with van der Waals surface area (Å²) in [6, 6.07) is 5.64. The van der Waals surface area contributed by atoms with E-state index >= 15 is 0 Å². The smallest absolute Gasteiger partial charge is 0.251 e. The van der Waals surface area contributed by atoms with Gasteiger partial charge in [-0.15, -0.1) is 0 Å². The van der Waals surface area contributed by atoms with E-state index in [9.17, 15) is 9.18 Å². The van der Waals surface area contributed by atoms with Crippen LogP contribution in [0, 0.1) is 5.82 Å². The van der Waals surface area contributed by atoms with Crippen molar-refractivity contribution >= 4 is 34.5 Å². The van der Waals surface area contributed by atoms with Crippen LogP contribution in [0.4, 0.5) is 10.2 Å². The highest BCUT2D eigenvalue weighted by molar-refractivity contribution is 7.98. The van der Waals surface area contributed by atoms with E-state index in [0.717, 1.165) is 29.9 Å². The van der Waals surface area contributed by atoms with Gasteiger partial charge >= 0.3 is 0 Å². The lowest BCUT2D eigenvalue weighted by Crippen LogP contribution is -2.27. The monoisotopic (exact) mass is 400 g/mol. The van der Waals surface area contributed by atoms with Crippen molar-refractivity contribution in [2.75, 3.05) is 30.8 Å². The van der Waals surface area contributed by atoms with Crippen LogP contribution in [0.5, 0.6) is 0 Å². The number of halogens is 1. The van der Waals surface area contributed by atoms with Gasteiger partial charge in [0.2, 0.25) is 0 Å². The molecule has 1 aliphatic rings. The first-order valence-electron chi connectivity index (χ1n) is 9.22. The zero-order valence-corrected chi connectivity index (χ0v) is 16.4. The summed E-state index contributed by atoms with van der Waals surface area (Å²) in [5.41, 5.74) is 1.06. The molecule has 146 valence electrons. The van der Waals surface area contributed by atoms with Crippen LogP contribution in [0.3, 0.4) is 0 Å². The number of benzene rings is 1. The molecule has 1 aromatic carbocycles. The highest BCUT2D eigenvalue weighted by atomic mass is 32.2. The van der Waals surface area contributed by atoms with Crippen molar-refractivity contribution in [3.8, 4) is 0 Å². The van der Waals surface area contributed by atoms with Gasteiger partial charge in [0.15, 0.2) is 10.8 Å². The van der Waals surface area contributed by atoms with Crippen molar-refractivity contribution in [2.24, 2.45) is 0 Å². The Morgan fingerprint density at radius 2 is 2.11 bits per heavy atom. The lowest BCUT2D eigenvalue weighted by molar-refractivity contribution is 0.0951. The minimum atomic E-state index is -0.429. The Labute approximate surface area is 166 Å². The molecule has 1 amide bonds. The molecule has 4 rings (SSSR count). The van der Waals surface area contributed by atoms with Crippen molar-refractivity contribution in [3.63, 3.8) is 0 Å². The predicted molar refractivity (Wildman–Crippen MR) is 107 cm³/mol. The standard InChI is InChI=1S/C19H21FN6OS/c1-28-19-23-16(25-8-2-3-9-25)15-12-22-26(17(15)24-19)10-7-21-18(27)13-5-4-6-14(20)11-13/h4-6,11-12H,2-3,7-10H2,1H3,(H,21,27). The van der Waals surface area contributed by atoms with E-state index in [1.165, 1.54) is 42.8 Å². The molecule has 1 N–H and O–H groups in total. The van der Waals surface area contributed by atoms with Gasteiger partial charge in [-0.2, -0.15) is 5.10 Å². The predicted octanol–water partition coefficient (Wildman–Crippen LogP) is 2.72. The molecular formula is C19H21FN6OS. The van der Waals surface area contributed by atoms with Gasteiger partial charge in [0.05, 0.1) is 18.1 Å². The highest BCUT2D eigenvalue weighted by Crippen LogP contribution is 2.28. The van der Waals surface area contributed by atoms with Crippen molar-refractivity contribution < 1.29 is 9.18 Å². The van der Waals surface area contributed by atoms with Crippen LogP contribution in [0.2, 0.25) is 0 Å². The van der Waals surface area contributed by atoms with Crippen LogP contribution >= 0.6 is 11.8 Å². The van der Waals surface area contributed by atoms with Gasteiger partial charge < -0.3 is 10.2 Å². The number of carbonyl (C=O) groups excluding carboxylic acids is 1. The van der Waals surface area contributed by atoms with Crippen LogP contribution in [0.25, 0.3) is 11.0 Å². The summed E-state index contributed by atoms with van der Waals surface area (Å²) in [5.74, 6) is 0.191. The number of anilines is 1. The summed E-state index contributed by atoms with van der Waals surface area (Å²) >= 11 is 1.50. The number of hydrogen-bond donors (Lipinski definition) is 1. The highest BCUT2D eigenvalue weighted by Gasteiger charge is 2.20. The molecule has 3 heterocycles. The maximum Gasteiger partial charge on any atom is 0.251 e. The Balaban J connectivity index is 1.51. The Hall–Kier alpha value is -2.68. The molecule has 1 fully saturated rings. The number of nitrogens with one attached hydrogen (secondary N) is 1. The first-order valence-corrected chi connectivity index (χ1v) is 10.4. The van der Waals surface area contributed by atoms with E-state index < -0.39 is 5.82 Å². The third kappa shape index (κ3) is 3.80. The van der Waals surface area contributed by atoms with Crippen LogP contribution < -0.4 is 10.2 Å². The van der Waals surface area contributed by atoms with Crippen molar-refractivity contribution in [1.82, 2.24) is 25.1 Å². The van der Waals surface area contributed by atoms with Gasteiger partial charge in [0, 0.05) is 25.2 Å². The summed E-state index contributed by atoms with van der Waals surface area (Å²) < 4.78 is 15.1. The number of aromatic nitrogens is 4. The lowest BCUT2D eigenvalue weighted by Gasteiger charge is -2.17. The fraction of sp³-hybridized carbons (Fsp3) is 0.368. The van der Waals surface area contributed by atoms with Crippen LogP contribution in [-0.2, 0) is 6.54 Å². The average molecular weight is 400 g/mol. The SMILES string of the molecule is CSc1nc(N2CCCC2)c2cnn(CCNC(=O)c3cccc(F)c3)c2n1. The quantitative estimate of drug-likeness (QED) is 0.507. The average Bonchev–Trinajstić information content (AvgIpc) is 3.37. The number of amides is 1. The zero-order valence-electron chi connectivity index (χ0n) is 15.6. The normalized spacial score (nSPS) is 14.0. The van der Waals surface area contributed by atoms with E-state index in [2.05, 4.69) is 20.3 Å². The molecule has 9 heteroatoms. The molecular weight excluding hydrogens is 379 g/mol. The fourth-order valence-electron chi connectivity index (χ4n) is 3.35. The number of nitrogens with zero attached hydrogens (tertiary/aromatic N) is 5. The van der Waals surface area contributed by atoms with Gasteiger partial charge in [0.1, 0.15) is 11.6 Å². The molecule has 2 aromatic heterocycles. The van der Waals surface area contributed by atoms with Crippen LogP contribution in [0.15, 0.2) is 35.6 Å². The van der Waals surface area contributed by atoms with E-state index in [0.29, 0.717) is 23.8 Å². The topological polar surface area (TPSA) is 75.9 Å². The maximum atomic E-state index is 13.3. The van der Waals surface area contributed by atoms with Crippen LogP contribution in [-0.4, -0.2) is 51.5 Å². The summed E-state index contributed by atoms with van der Waals surface area (Å²) in [5, 5.41) is 8.89. The molecule has 0 saturated carbocycles. The van der Waals surface area contributed by atoms with E-state index in [-0.39, 0.29) is 5.91 Å². The fourth-order valence-corrected chi connectivity index (χ4v) is 3.71. The first-order chi connectivity index (χ1) is 13.7. The second-order valence-electron chi connectivity index (χ2n) is 6.60. The Kier molecular flexibility index (Phi) is 5.43. The van der Waals surface area contributed by atoms with Crippen molar-refractivity contribution in [2.45, 2.75) is 24.5 Å². The summed E-state index contributed by atoms with van der Waals surface area (Å²) in [6.45, 7) is 2.82. The maximum absolute atomic E-state index is 13.3. The van der Waals surface area contributed by atoms with Gasteiger partial charge in [-0.1, -0.05) is 17.8 Å². The molecule has 28 heavy (non-hydrogen) atoms. The van der Waals surface area contributed by atoms with Crippen molar-refractivity contribution in [3.05, 3.63) is 41.8 Å². The third-order valence-electron chi connectivity index (χ3n) is 4.74. The molecule has 7 nitrogen and oxygen atoms in total. The molecule has 0 unspecified atom stereocenters. The molecule has 1 saturated heterocycles. The lowest BCUT2D eigenvalue weighted by atomic mass is 10.2. The number of fused-ring (bicyclic) bond motifs is 1. The minimum absolute atomic E-state index is 0.300. The third-order valence-corrected chi connectivity index (χ3v) is 5.29.